The Labute approximate surface area is 154 Å². The van der Waals surface area contributed by atoms with Gasteiger partial charge in [-0.3, -0.25) is 4.79 Å². The molecular formula is C19H27N5O2. The van der Waals surface area contributed by atoms with Gasteiger partial charge in [0.15, 0.2) is 0 Å². The number of anilines is 1. The van der Waals surface area contributed by atoms with Gasteiger partial charge in [-0.1, -0.05) is 19.9 Å². The Balaban J connectivity index is 2.02. The summed E-state index contributed by atoms with van der Waals surface area (Å²) in [6, 6.07) is 8.69. The lowest BCUT2D eigenvalue weighted by Gasteiger charge is -2.17. The van der Waals surface area contributed by atoms with E-state index >= 15 is 0 Å². The van der Waals surface area contributed by atoms with Gasteiger partial charge in [0.1, 0.15) is 5.69 Å². The van der Waals surface area contributed by atoms with Crippen molar-refractivity contribution in [3.05, 3.63) is 36.0 Å². The summed E-state index contributed by atoms with van der Waals surface area (Å²) in [7, 11) is 0. The zero-order valence-corrected chi connectivity index (χ0v) is 15.6. The van der Waals surface area contributed by atoms with Crippen LogP contribution in [0.2, 0.25) is 0 Å². The first-order valence-electron chi connectivity index (χ1n) is 9.03. The number of carbonyl (C=O) groups excluding carboxylic acids is 2. The highest BCUT2D eigenvalue weighted by Crippen LogP contribution is 2.18. The summed E-state index contributed by atoms with van der Waals surface area (Å²) in [6.07, 6.45) is 0. The van der Waals surface area contributed by atoms with Crippen molar-refractivity contribution in [1.29, 1.82) is 0 Å². The molecule has 0 atom stereocenters. The second kappa shape index (κ2) is 9.72. The molecule has 3 N–H and O–H groups in total. The Morgan fingerprint density at radius 1 is 1.04 bits per heavy atom. The van der Waals surface area contributed by atoms with Crippen molar-refractivity contribution in [2.45, 2.75) is 20.8 Å². The van der Waals surface area contributed by atoms with Crippen LogP contribution in [0, 0.1) is 0 Å². The minimum absolute atomic E-state index is 0.177. The molecule has 1 aromatic carbocycles. The van der Waals surface area contributed by atoms with Crippen LogP contribution in [0.3, 0.4) is 0 Å². The fraction of sp³-hybridized carbons (Fsp3) is 0.421. The molecular weight excluding hydrogens is 330 g/mol. The van der Waals surface area contributed by atoms with Gasteiger partial charge in [-0.15, -0.1) is 0 Å². The van der Waals surface area contributed by atoms with E-state index in [9.17, 15) is 9.59 Å². The first-order chi connectivity index (χ1) is 12.6. The summed E-state index contributed by atoms with van der Waals surface area (Å²) in [4.78, 5) is 30.5. The van der Waals surface area contributed by atoms with E-state index in [1.807, 2.05) is 19.1 Å². The average Bonchev–Trinajstić information content (AvgIpc) is 2.64. The van der Waals surface area contributed by atoms with Crippen LogP contribution in [0.4, 0.5) is 10.5 Å². The van der Waals surface area contributed by atoms with Gasteiger partial charge in [0.2, 0.25) is 0 Å². The van der Waals surface area contributed by atoms with Gasteiger partial charge in [0.25, 0.3) is 5.91 Å². The van der Waals surface area contributed by atoms with E-state index in [-0.39, 0.29) is 11.9 Å². The van der Waals surface area contributed by atoms with Crippen LogP contribution in [-0.4, -0.2) is 54.5 Å². The van der Waals surface area contributed by atoms with E-state index in [4.69, 9.17) is 0 Å². The number of fused-ring (bicyclic) bond motifs is 1. The topological polar surface area (TPSA) is 86.4 Å². The second-order valence-electron chi connectivity index (χ2n) is 5.87. The van der Waals surface area contributed by atoms with Crippen molar-refractivity contribution in [3.63, 3.8) is 0 Å². The predicted molar refractivity (Wildman–Crippen MR) is 105 cm³/mol. The molecule has 2 rings (SSSR count). The first-order valence-corrected chi connectivity index (χ1v) is 9.03. The number of pyridine rings is 1. The zero-order valence-electron chi connectivity index (χ0n) is 15.6. The molecule has 0 aliphatic carbocycles. The largest absolute Gasteiger partial charge is 0.349 e. The maximum atomic E-state index is 12.3. The maximum Gasteiger partial charge on any atom is 0.319 e. The first kappa shape index (κ1) is 19.7. The number of amides is 3. The molecule has 0 aliphatic rings. The van der Waals surface area contributed by atoms with E-state index < -0.39 is 0 Å². The third kappa shape index (κ3) is 5.42. The predicted octanol–water partition coefficient (Wildman–Crippen LogP) is 2.45. The van der Waals surface area contributed by atoms with Crippen molar-refractivity contribution >= 4 is 28.5 Å². The number of rotatable bonds is 8. The van der Waals surface area contributed by atoms with Gasteiger partial charge in [-0.05, 0) is 44.3 Å². The van der Waals surface area contributed by atoms with Crippen molar-refractivity contribution in [2.75, 3.05) is 38.0 Å². The summed E-state index contributed by atoms with van der Waals surface area (Å²) >= 11 is 0. The summed E-state index contributed by atoms with van der Waals surface area (Å²) < 4.78 is 0. The van der Waals surface area contributed by atoms with Crippen LogP contribution in [0.15, 0.2) is 30.3 Å². The number of nitrogens with zero attached hydrogens (tertiary/aromatic N) is 2. The summed E-state index contributed by atoms with van der Waals surface area (Å²) in [5.41, 5.74) is 1.78. The number of carbonyl (C=O) groups is 2. The third-order valence-corrected chi connectivity index (χ3v) is 4.13. The molecule has 0 bridgehead atoms. The number of nitrogens with one attached hydrogen (secondary N) is 3. The SMILES string of the molecule is CCNC(=O)Nc1ccc2nc(C(=O)NCCN(CC)CC)ccc2c1. The molecule has 1 heterocycles. The Morgan fingerprint density at radius 3 is 2.50 bits per heavy atom. The van der Waals surface area contributed by atoms with Gasteiger partial charge in [0, 0.05) is 30.7 Å². The smallest absolute Gasteiger partial charge is 0.319 e. The van der Waals surface area contributed by atoms with Crippen molar-refractivity contribution in [3.8, 4) is 0 Å². The van der Waals surface area contributed by atoms with Crippen molar-refractivity contribution in [2.24, 2.45) is 0 Å². The molecule has 0 saturated heterocycles. The normalized spacial score (nSPS) is 10.8. The van der Waals surface area contributed by atoms with Crippen LogP contribution in [0.1, 0.15) is 31.3 Å². The zero-order chi connectivity index (χ0) is 18.9. The van der Waals surface area contributed by atoms with Crippen molar-refractivity contribution < 1.29 is 9.59 Å². The number of urea groups is 1. The van der Waals surface area contributed by atoms with E-state index in [2.05, 4.69) is 39.7 Å². The summed E-state index contributed by atoms with van der Waals surface area (Å²) in [5.74, 6) is -0.177. The Bertz CT molecular complexity index is 759. The molecule has 0 spiro atoms. The summed E-state index contributed by atoms with van der Waals surface area (Å²) in [6.45, 7) is 9.97. The molecule has 0 fully saturated rings. The summed E-state index contributed by atoms with van der Waals surface area (Å²) in [5, 5.41) is 9.21. The van der Waals surface area contributed by atoms with Crippen LogP contribution < -0.4 is 16.0 Å². The number of benzene rings is 1. The fourth-order valence-corrected chi connectivity index (χ4v) is 2.62. The lowest BCUT2D eigenvalue weighted by Crippen LogP contribution is -2.35. The van der Waals surface area contributed by atoms with Crippen LogP contribution in [-0.2, 0) is 0 Å². The Hall–Kier alpha value is -2.67. The highest BCUT2D eigenvalue weighted by molar-refractivity contribution is 5.96. The minimum atomic E-state index is -0.246. The molecule has 0 saturated carbocycles. The molecule has 0 unspecified atom stereocenters. The molecule has 7 nitrogen and oxygen atoms in total. The van der Waals surface area contributed by atoms with Gasteiger partial charge < -0.3 is 20.9 Å². The number of likely N-dealkylation sites (N-methyl/N-ethyl adjacent to an activating group) is 1. The lowest BCUT2D eigenvalue weighted by atomic mass is 10.1. The van der Waals surface area contributed by atoms with E-state index in [1.165, 1.54) is 0 Å². The molecule has 2 aromatic rings. The van der Waals surface area contributed by atoms with E-state index in [1.54, 1.807) is 18.2 Å². The Kier molecular flexibility index (Phi) is 7.35. The highest BCUT2D eigenvalue weighted by Gasteiger charge is 2.09. The van der Waals surface area contributed by atoms with Crippen LogP contribution in [0.25, 0.3) is 10.9 Å². The fourth-order valence-electron chi connectivity index (χ4n) is 2.62. The van der Waals surface area contributed by atoms with Gasteiger partial charge >= 0.3 is 6.03 Å². The number of aromatic nitrogens is 1. The van der Waals surface area contributed by atoms with Crippen LogP contribution >= 0.6 is 0 Å². The maximum absolute atomic E-state index is 12.3. The quantitative estimate of drug-likeness (QED) is 0.677. The number of hydrogen-bond donors (Lipinski definition) is 3. The molecule has 0 radical (unpaired) electrons. The molecule has 26 heavy (non-hydrogen) atoms. The van der Waals surface area contributed by atoms with E-state index in [0.717, 1.165) is 25.0 Å². The molecule has 1 aromatic heterocycles. The highest BCUT2D eigenvalue weighted by atomic mass is 16.2. The van der Waals surface area contributed by atoms with Gasteiger partial charge in [0.05, 0.1) is 5.52 Å². The van der Waals surface area contributed by atoms with Crippen molar-refractivity contribution in [1.82, 2.24) is 20.5 Å². The number of hydrogen-bond acceptors (Lipinski definition) is 4. The average molecular weight is 357 g/mol. The van der Waals surface area contributed by atoms with Gasteiger partial charge in [-0.2, -0.15) is 0 Å². The Morgan fingerprint density at radius 2 is 1.81 bits per heavy atom. The molecule has 0 aliphatic heterocycles. The van der Waals surface area contributed by atoms with Gasteiger partial charge in [-0.25, -0.2) is 9.78 Å². The lowest BCUT2D eigenvalue weighted by molar-refractivity contribution is 0.0944. The standard InChI is InChI=1S/C19H27N5O2/c1-4-20-19(26)22-15-8-10-16-14(13-15)7-9-17(23-16)18(25)21-11-12-24(5-2)6-3/h7-10,13H,4-6,11-12H2,1-3H3,(H,21,25)(H2,20,22,26). The monoisotopic (exact) mass is 357 g/mol. The minimum Gasteiger partial charge on any atom is -0.349 e. The van der Waals surface area contributed by atoms with E-state index in [0.29, 0.717) is 30.0 Å². The molecule has 140 valence electrons. The van der Waals surface area contributed by atoms with Crippen LogP contribution in [0.5, 0.6) is 0 Å². The second-order valence-corrected chi connectivity index (χ2v) is 5.87. The third-order valence-electron chi connectivity index (χ3n) is 4.13. The molecule has 3 amide bonds. The molecule has 7 heteroatoms.